The molecule has 1 aliphatic rings. The fourth-order valence-corrected chi connectivity index (χ4v) is 2.98. The molecule has 6 nitrogen and oxygen atoms in total. The predicted octanol–water partition coefficient (Wildman–Crippen LogP) is 1.97. The van der Waals surface area contributed by atoms with Gasteiger partial charge in [-0.25, -0.2) is 9.37 Å². The Hall–Kier alpha value is -2.43. The number of aromatic nitrogens is 2. The Kier molecular flexibility index (Phi) is 4.41. The number of nitrogens with zero attached hydrogens (tertiary/aromatic N) is 3. The van der Waals surface area contributed by atoms with Gasteiger partial charge in [-0.2, -0.15) is 5.26 Å². The minimum Gasteiger partial charge on any atom is -0.481 e. The van der Waals surface area contributed by atoms with Crippen LogP contribution < -0.4 is 0 Å². The molecule has 2 heterocycles. The Labute approximate surface area is 137 Å². The third-order valence-corrected chi connectivity index (χ3v) is 3.94. The summed E-state index contributed by atoms with van der Waals surface area (Å²) in [6.45, 7) is 0. The fourth-order valence-electron chi connectivity index (χ4n) is 2.98. The van der Waals surface area contributed by atoms with Crippen molar-refractivity contribution >= 4 is 18.4 Å². The fraction of sp³-hybridized carbons (Fsp3) is 0.267. The molecule has 2 aromatic rings. The van der Waals surface area contributed by atoms with E-state index in [9.17, 15) is 14.3 Å². The van der Waals surface area contributed by atoms with Crippen molar-refractivity contribution in [3.63, 3.8) is 0 Å². The summed E-state index contributed by atoms with van der Waals surface area (Å²) < 4.78 is 15.8. The lowest BCUT2D eigenvalue weighted by atomic mass is 9.90. The zero-order valence-corrected chi connectivity index (χ0v) is 12.6. The molecule has 0 fully saturated rings. The van der Waals surface area contributed by atoms with Gasteiger partial charge in [0.15, 0.2) is 0 Å². The Balaban J connectivity index is 0.00000192. The van der Waals surface area contributed by atoms with Crippen molar-refractivity contribution in [2.24, 2.45) is 0 Å². The molecule has 8 heteroatoms. The molecule has 0 saturated heterocycles. The van der Waals surface area contributed by atoms with Crippen LogP contribution in [0.15, 0.2) is 30.7 Å². The van der Waals surface area contributed by atoms with Crippen LogP contribution in [-0.4, -0.2) is 25.7 Å². The summed E-state index contributed by atoms with van der Waals surface area (Å²) in [7, 11) is 0. The number of fused-ring (bicyclic) bond motifs is 1. The van der Waals surface area contributed by atoms with Crippen LogP contribution in [0.1, 0.15) is 35.7 Å². The SMILES string of the molecule is Cl.N#Cc1ccc([C@H]2C[C@](O)(CC(=O)O)c3cncn32)c(F)c1. The first-order valence-electron chi connectivity index (χ1n) is 6.60. The molecule has 0 amide bonds. The summed E-state index contributed by atoms with van der Waals surface area (Å²) in [4.78, 5) is 14.9. The molecule has 120 valence electrons. The van der Waals surface area contributed by atoms with Gasteiger partial charge in [-0.15, -0.1) is 12.4 Å². The molecular formula is C15H13ClFN3O3. The monoisotopic (exact) mass is 337 g/mol. The van der Waals surface area contributed by atoms with E-state index in [0.29, 0.717) is 11.3 Å². The van der Waals surface area contributed by atoms with Crippen molar-refractivity contribution in [2.75, 3.05) is 0 Å². The molecule has 23 heavy (non-hydrogen) atoms. The first-order chi connectivity index (χ1) is 10.4. The molecular weight excluding hydrogens is 325 g/mol. The van der Waals surface area contributed by atoms with Gasteiger partial charge in [-0.05, 0) is 12.1 Å². The number of carbonyl (C=O) groups is 1. The van der Waals surface area contributed by atoms with Gasteiger partial charge in [0.25, 0.3) is 0 Å². The van der Waals surface area contributed by atoms with Crippen molar-refractivity contribution in [3.8, 4) is 6.07 Å². The summed E-state index contributed by atoms with van der Waals surface area (Å²) >= 11 is 0. The Bertz CT molecular complexity index is 802. The number of aliphatic carboxylic acids is 1. The lowest BCUT2D eigenvalue weighted by Gasteiger charge is -2.20. The normalized spacial score (nSPS) is 22.0. The molecule has 0 radical (unpaired) electrons. The molecule has 3 rings (SSSR count). The molecule has 0 saturated carbocycles. The zero-order chi connectivity index (χ0) is 15.9. The third-order valence-electron chi connectivity index (χ3n) is 3.94. The summed E-state index contributed by atoms with van der Waals surface area (Å²) in [5.41, 5.74) is -0.748. The van der Waals surface area contributed by atoms with E-state index in [-0.39, 0.29) is 24.4 Å². The average molecular weight is 338 g/mol. The molecule has 0 spiro atoms. The highest BCUT2D eigenvalue weighted by molar-refractivity contribution is 5.85. The number of aliphatic hydroxyl groups is 1. The number of hydrogen-bond donors (Lipinski definition) is 2. The number of imidazole rings is 1. The largest absolute Gasteiger partial charge is 0.481 e. The Morgan fingerprint density at radius 1 is 1.57 bits per heavy atom. The highest BCUT2D eigenvalue weighted by Gasteiger charge is 2.45. The van der Waals surface area contributed by atoms with Crippen LogP contribution in [0.4, 0.5) is 4.39 Å². The summed E-state index contributed by atoms with van der Waals surface area (Å²) in [6, 6.07) is 5.39. The van der Waals surface area contributed by atoms with Crippen molar-refractivity contribution in [3.05, 3.63) is 53.4 Å². The number of halogens is 2. The second kappa shape index (κ2) is 5.99. The van der Waals surface area contributed by atoms with Gasteiger partial charge in [0.2, 0.25) is 0 Å². The van der Waals surface area contributed by atoms with E-state index in [2.05, 4.69) is 4.98 Å². The number of rotatable bonds is 3. The van der Waals surface area contributed by atoms with Gasteiger partial charge in [-0.3, -0.25) is 4.79 Å². The van der Waals surface area contributed by atoms with E-state index in [1.807, 2.05) is 6.07 Å². The highest BCUT2D eigenvalue weighted by atomic mass is 35.5. The lowest BCUT2D eigenvalue weighted by Crippen LogP contribution is -2.26. The van der Waals surface area contributed by atoms with Crippen molar-refractivity contribution in [2.45, 2.75) is 24.5 Å². The second-order valence-electron chi connectivity index (χ2n) is 5.36. The smallest absolute Gasteiger partial charge is 0.306 e. The standard InChI is InChI=1S/C15H12FN3O3.ClH/c16-11-3-9(6-17)1-2-10(11)12-4-15(22,5-14(20)21)13-7-18-8-19(12)13;/h1-3,7-8,12,22H,4-5H2,(H,20,21);1H/t12-,15+;/m1./s1. The van der Waals surface area contributed by atoms with E-state index in [0.717, 1.165) is 6.07 Å². The number of carboxylic acid groups (broad SMARTS) is 1. The molecule has 0 unspecified atom stereocenters. The number of hydrogen-bond acceptors (Lipinski definition) is 4. The van der Waals surface area contributed by atoms with E-state index in [1.54, 1.807) is 4.57 Å². The van der Waals surface area contributed by atoms with Crippen LogP contribution in [-0.2, 0) is 10.4 Å². The van der Waals surface area contributed by atoms with Gasteiger partial charge < -0.3 is 14.8 Å². The molecule has 2 N–H and O–H groups in total. The van der Waals surface area contributed by atoms with Gasteiger partial charge in [0.05, 0.1) is 42.3 Å². The summed E-state index contributed by atoms with van der Waals surface area (Å²) in [6.07, 6.45) is 2.40. The maximum Gasteiger partial charge on any atom is 0.306 e. The topological polar surface area (TPSA) is 99.1 Å². The summed E-state index contributed by atoms with van der Waals surface area (Å²) in [5.74, 6) is -1.71. The third kappa shape index (κ3) is 2.79. The van der Waals surface area contributed by atoms with Crippen molar-refractivity contribution in [1.82, 2.24) is 9.55 Å². The maximum absolute atomic E-state index is 14.2. The molecule has 1 aromatic heterocycles. The quantitative estimate of drug-likeness (QED) is 0.892. The van der Waals surface area contributed by atoms with Crippen LogP contribution in [0, 0.1) is 17.1 Å². The van der Waals surface area contributed by atoms with Gasteiger partial charge in [0.1, 0.15) is 11.4 Å². The number of nitriles is 1. The molecule has 1 aromatic carbocycles. The van der Waals surface area contributed by atoms with Crippen molar-refractivity contribution < 1.29 is 19.4 Å². The van der Waals surface area contributed by atoms with E-state index < -0.39 is 29.9 Å². The highest BCUT2D eigenvalue weighted by Crippen LogP contribution is 2.45. The zero-order valence-electron chi connectivity index (χ0n) is 11.8. The maximum atomic E-state index is 14.2. The second-order valence-corrected chi connectivity index (χ2v) is 5.36. The molecule has 1 aliphatic heterocycles. The Morgan fingerprint density at radius 2 is 2.30 bits per heavy atom. The van der Waals surface area contributed by atoms with Crippen LogP contribution in [0.25, 0.3) is 0 Å². The minimum absolute atomic E-state index is 0. The van der Waals surface area contributed by atoms with E-state index >= 15 is 0 Å². The summed E-state index contributed by atoms with van der Waals surface area (Å²) in [5, 5.41) is 28.4. The molecule has 0 aliphatic carbocycles. The van der Waals surface area contributed by atoms with E-state index in [1.165, 1.54) is 24.7 Å². The number of carboxylic acids is 1. The lowest BCUT2D eigenvalue weighted by molar-refractivity contribution is -0.143. The van der Waals surface area contributed by atoms with Crippen molar-refractivity contribution in [1.29, 1.82) is 5.26 Å². The van der Waals surface area contributed by atoms with Gasteiger partial charge in [-0.1, -0.05) is 6.07 Å². The average Bonchev–Trinajstić information content (AvgIpc) is 3.02. The van der Waals surface area contributed by atoms with Gasteiger partial charge in [0, 0.05) is 12.0 Å². The molecule has 0 bridgehead atoms. The minimum atomic E-state index is -1.59. The van der Waals surface area contributed by atoms with Gasteiger partial charge >= 0.3 is 5.97 Å². The van der Waals surface area contributed by atoms with Crippen LogP contribution >= 0.6 is 12.4 Å². The molecule has 2 atom stereocenters. The number of benzene rings is 1. The predicted molar refractivity (Wildman–Crippen MR) is 79.5 cm³/mol. The first kappa shape index (κ1) is 16.9. The first-order valence-corrected chi connectivity index (χ1v) is 6.60. The van der Waals surface area contributed by atoms with Crippen LogP contribution in [0.3, 0.4) is 0 Å². The van der Waals surface area contributed by atoms with E-state index in [4.69, 9.17) is 10.4 Å². The van der Waals surface area contributed by atoms with Crippen LogP contribution in [0.2, 0.25) is 0 Å². The van der Waals surface area contributed by atoms with Crippen LogP contribution in [0.5, 0.6) is 0 Å². The Morgan fingerprint density at radius 3 is 2.91 bits per heavy atom.